The summed E-state index contributed by atoms with van der Waals surface area (Å²) in [6.07, 6.45) is 3.62. The maximum Gasteiger partial charge on any atom is 0.267 e. The summed E-state index contributed by atoms with van der Waals surface area (Å²) in [7, 11) is -3.77. The van der Waals surface area contributed by atoms with Crippen LogP contribution < -0.4 is 5.32 Å². The van der Waals surface area contributed by atoms with Gasteiger partial charge in [0.2, 0.25) is 0 Å². The fourth-order valence-electron chi connectivity index (χ4n) is 6.65. The summed E-state index contributed by atoms with van der Waals surface area (Å²) in [5.41, 5.74) is 6.15. The number of amides is 1. The quantitative estimate of drug-likeness (QED) is 0.0742. The second-order valence-corrected chi connectivity index (χ2v) is 17.3. The fraction of sp³-hybridized carbons (Fsp3) is 0.316. The number of hydrogen-bond donors (Lipinski definition) is 4. The van der Waals surface area contributed by atoms with Gasteiger partial charge < -0.3 is 15.5 Å². The zero-order chi connectivity index (χ0) is 51.5. The molecule has 0 heterocycles. The van der Waals surface area contributed by atoms with Gasteiger partial charge in [-0.15, -0.1) is 10.2 Å². The van der Waals surface area contributed by atoms with Crippen molar-refractivity contribution in [1.82, 2.24) is 0 Å². The molecule has 11 nitrogen and oxygen atoms in total. The first-order valence-electron chi connectivity index (χ1n) is 23.9. The number of carbonyl (C=O) groups excluding carboxylic acids is 1. The second-order valence-electron chi connectivity index (χ2n) is 15.6. The highest BCUT2D eigenvalue weighted by atomic mass is 32.2. The minimum absolute atomic E-state index is 0.0105. The van der Waals surface area contributed by atoms with Crippen molar-refractivity contribution in [3.8, 4) is 11.5 Å². The van der Waals surface area contributed by atoms with Gasteiger partial charge in [-0.2, -0.15) is 18.6 Å². The molecule has 0 aliphatic heterocycles. The summed E-state index contributed by atoms with van der Waals surface area (Å²) < 4.78 is 29.1. The van der Waals surface area contributed by atoms with E-state index in [0.717, 1.165) is 44.5 Å². The highest BCUT2D eigenvalue weighted by Crippen LogP contribution is 2.43. The number of phenols is 2. The third kappa shape index (κ3) is 18.0. The van der Waals surface area contributed by atoms with Gasteiger partial charge in [-0.1, -0.05) is 160 Å². The van der Waals surface area contributed by atoms with E-state index in [0.29, 0.717) is 46.5 Å². The lowest BCUT2D eigenvalue weighted by molar-refractivity contribution is 0.102. The second kappa shape index (κ2) is 30.6. The molecule has 0 aliphatic carbocycles. The molecule has 12 heteroatoms. The topological polar surface area (TPSA) is 173 Å². The molecule has 0 bridgehead atoms. The summed E-state index contributed by atoms with van der Waals surface area (Å²) in [5.74, 6) is 0.877. The van der Waals surface area contributed by atoms with Crippen molar-refractivity contribution >= 4 is 66.0 Å². The Kier molecular flexibility index (Phi) is 25.9. The van der Waals surface area contributed by atoms with Crippen LogP contribution in [0.25, 0.3) is 21.5 Å². The molecule has 7 rings (SSSR count). The maximum atomic E-state index is 12.6. The first-order valence-corrected chi connectivity index (χ1v) is 25.4. The maximum absolute atomic E-state index is 12.6. The number of azo groups is 2. The number of anilines is 1. The number of hydrogen-bond acceptors (Lipinski definition) is 9. The van der Waals surface area contributed by atoms with E-state index in [2.05, 4.69) is 46.5 Å². The van der Waals surface area contributed by atoms with Gasteiger partial charge in [0, 0.05) is 16.3 Å². The highest BCUT2D eigenvalue weighted by molar-refractivity contribution is 7.86. The van der Waals surface area contributed by atoms with Crippen LogP contribution in [0.1, 0.15) is 115 Å². The zero-order valence-corrected chi connectivity index (χ0v) is 43.3. The molecule has 0 spiro atoms. The van der Waals surface area contributed by atoms with Crippen LogP contribution in [0.15, 0.2) is 160 Å². The van der Waals surface area contributed by atoms with E-state index >= 15 is 0 Å². The molecule has 0 aliphatic rings. The van der Waals surface area contributed by atoms with Gasteiger partial charge in [0.05, 0.1) is 22.3 Å². The molecule has 0 saturated heterocycles. The van der Waals surface area contributed by atoms with Crippen LogP contribution >= 0.6 is 0 Å². The van der Waals surface area contributed by atoms with Crippen molar-refractivity contribution in [2.24, 2.45) is 26.4 Å². The molecule has 69 heavy (non-hydrogen) atoms. The van der Waals surface area contributed by atoms with Gasteiger partial charge >= 0.3 is 0 Å². The van der Waals surface area contributed by atoms with Crippen molar-refractivity contribution in [3.05, 3.63) is 162 Å². The Morgan fingerprint density at radius 1 is 0.536 bits per heavy atom. The van der Waals surface area contributed by atoms with Crippen LogP contribution in [0.2, 0.25) is 0 Å². The van der Waals surface area contributed by atoms with E-state index in [4.69, 9.17) is 4.55 Å². The molecule has 0 unspecified atom stereocenters. The Hall–Kier alpha value is -6.76. The van der Waals surface area contributed by atoms with Crippen LogP contribution in [0.4, 0.5) is 28.4 Å². The number of rotatable bonds is 11. The number of fused-ring (bicyclic) bond motifs is 2. The van der Waals surface area contributed by atoms with Crippen molar-refractivity contribution in [3.63, 3.8) is 0 Å². The average molecular weight is 956 g/mol. The number of nitrogens with one attached hydrogen (secondary N) is 1. The number of carbonyl (C=O) groups is 1. The highest BCUT2D eigenvalue weighted by Gasteiger charge is 2.18. The van der Waals surface area contributed by atoms with Gasteiger partial charge in [-0.25, -0.2) is 0 Å². The number of benzene rings is 7. The van der Waals surface area contributed by atoms with E-state index < -0.39 is 15.4 Å². The van der Waals surface area contributed by atoms with Crippen molar-refractivity contribution in [2.75, 3.05) is 5.32 Å². The lowest BCUT2D eigenvalue weighted by Crippen LogP contribution is -2.17. The Bertz CT molecular complexity index is 2790. The van der Waals surface area contributed by atoms with E-state index in [1.807, 2.05) is 158 Å². The lowest BCUT2D eigenvalue weighted by Gasteiger charge is -2.13. The third-order valence-electron chi connectivity index (χ3n) is 10.9. The first kappa shape index (κ1) is 58.4. The molecule has 7 aromatic rings. The minimum atomic E-state index is -3.77. The summed E-state index contributed by atoms with van der Waals surface area (Å²) in [4.78, 5) is 12.6. The third-order valence-corrected chi connectivity index (χ3v) is 12.4. The van der Waals surface area contributed by atoms with E-state index in [9.17, 15) is 23.4 Å². The molecule has 0 fully saturated rings. The number of aryl methyl sites for hydroxylation is 3. The van der Waals surface area contributed by atoms with Gasteiger partial charge in [-0.3, -0.25) is 9.35 Å². The average Bonchev–Trinajstić information content (AvgIpc) is 3.36. The molecule has 7 aromatic carbocycles. The van der Waals surface area contributed by atoms with Crippen LogP contribution in [0, 0.1) is 26.7 Å². The first-order chi connectivity index (χ1) is 33.1. The van der Waals surface area contributed by atoms with E-state index in [-0.39, 0.29) is 17.4 Å². The number of phenolic OH excluding ortho intramolecular Hbond substituents is 2. The predicted molar refractivity (Wildman–Crippen MR) is 289 cm³/mol. The van der Waals surface area contributed by atoms with Crippen LogP contribution in [0.3, 0.4) is 0 Å². The van der Waals surface area contributed by atoms with E-state index in [1.54, 1.807) is 44.2 Å². The molecular weight excluding hydrogens is 883 g/mol. The molecule has 4 N–H and O–H groups in total. The zero-order valence-electron chi connectivity index (χ0n) is 42.5. The standard InChI is InChI=1S/C24H19N3O2.C18H16N2O.C6H14.C5H12O3S.2C2H6/c1-16-15-18-11-8-14-20(25-24(29)17-9-4-2-5-10-17)21(18)23(28)22(16)27-26-19-12-6-3-7-13-19;1-12-7-6-8-14-11-13(2)17(18(21)16(12)14)20-19-15-9-4-3-5-10-15;1-4-6(3)5-2;1-3-5(4-2)9(6,7)8;2*1-2/h2-15,28H,1H3,(H,25,29);3-11,21H,1-2H3;6H,4-5H2,1-3H3;5H,3-4H2,1-2H3,(H,6,7,8);2*1-2H3. The molecule has 0 aromatic heterocycles. The van der Waals surface area contributed by atoms with Crippen LogP contribution in [0.5, 0.6) is 11.5 Å². The van der Waals surface area contributed by atoms with Crippen molar-refractivity contribution in [1.29, 1.82) is 0 Å². The van der Waals surface area contributed by atoms with Crippen molar-refractivity contribution < 1.29 is 28.0 Å². The molecule has 0 saturated carbocycles. The lowest BCUT2D eigenvalue weighted by atomic mass is 10.0. The minimum Gasteiger partial charge on any atom is -0.505 e. The monoisotopic (exact) mass is 956 g/mol. The van der Waals surface area contributed by atoms with Gasteiger partial charge in [-0.05, 0) is 122 Å². The Morgan fingerprint density at radius 3 is 1.33 bits per heavy atom. The summed E-state index contributed by atoms with van der Waals surface area (Å²) in [6, 6.07) is 43.2. The van der Waals surface area contributed by atoms with Gasteiger partial charge in [0.1, 0.15) is 11.4 Å². The normalized spacial score (nSPS) is 10.8. The van der Waals surface area contributed by atoms with Crippen LogP contribution in [-0.4, -0.2) is 34.3 Å². The Balaban J connectivity index is 0.000000355. The molecule has 1 amide bonds. The van der Waals surface area contributed by atoms with E-state index in [1.165, 1.54) is 12.8 Å². The SMILES string of the molecule is CC.CC.CCC(C)CC.CCC(CC)S(=O)(=O)O.Cc1cc2cccc(C)c2c(O)c1N=Nc1ccccc1.Cc1cc2cccc(NC(=O)c3ccccc3)c2c(O)c1N=Nc1ccccc1. The predicted octanol–water partition coefficient (Wildman–Crippen LogP) is 17.7. The molecule has 0 atom stereocenters. The molecule has 0 radical (unpaired) electrons. The van der Waals surface area contributed by atoms with Gasteiger partial charge in [0.15, 0.2) is 11.5 Å². The van der Waals surface area contributed by atoms with Crippen LogP contribution in [-0.2, 0) is 10.1 Å². The number of aromatic hydroxyl groups is 2. The van der Waals surface area contributed by atoms with Gasteiger partial charge in [0.25, 0.3) is 16.0 Å². The number of nitrogens with zero attached hydrogens (tertiary/aromatic N) is 4. The Morgan fingerprint density at radius 2 is 0.942 bits per heavy atom. The molecular formula is C57H73N5O6S. The summed E-state index contributed by atoms with van der Waals surface area (Å²) >= 11 is 0. The largest absolute Gasteiger partial charge is 0.505 e. The van der Waals surface area contributed by atoms with Crippen molar-refractivity contribution in [2.45, 2.75) is 114 Å². The smallest absolute Gasteiger partial charge is 0.267 e. The summed E-state index contributed by atoms with van der Waals surface area (Å²) in [5, 5.41) is 43.9. The summed E-state index contributed by atoms with van der Waals surface area (Å²) in [6.45, 7) is 24.0. The molecule has 368 valence electrons. The Labute approximate surface area is 411 Å². The fourth-order valence-corrected chi connectivity index (χ4v) is 7.49.